The highest BCUT2D eigenvalue weighted by molar-refractivity contribution is 5.75. The normalized spacial score (nSPS) is 18.1. The molecule has 1 amide bonds. The van der Waals surface area contributed by atoms with Crippen molar-refractivity contribution < 1.29 is 4.79 Å². The molecular weight excluding hydrogens is 248 g/mol. The number of carbonyl (C=O) groups excluding carboxylic acids is 1. The molecular formula is C10H14N8O. The number of fused-ring (bicyclic) bond motifs is 1. The van der Waals surface area contributed by atoms with E-state index in [1.807, 2.05) is 11.5 Å². The summed E-state index contributed by atoms with van der Waals surface area (Å²) in [6.45, 7) is 2.77. The van der Waals surface area contributed by atoms with E-state index in [-0.39, 0.29) is 18.5 Å². The van der Waals surface area contributed by atoms with Gasteiger partial charge in [0, 0.05) is 19.0 Å². The van der Waals surface area contributed by atoms with Crippen LogP contribution in [0.5, 0.6) is 0 Å². The van der Waals surface area contributed by atoms with Crippen molar-refractivity contribution in [3.63, 3.8) is 0 Å². The van der Waals surface area contributed by atoms with Crippen LogP contribution < -0.4 is 5.32 Å². The van der Waals surface area contributed by atoms with Crippen molar-refractivity contribution in [2.24, 2.45) is 0 Å². The van der Waals surface area contributed by atoms with Crippen LogP contribution in [0.15, 0.2) is 6.33 Å². The fourth-order valence-corrected chi connectivity index (χ4v) is 2.25. The Balaban J connectivity index is 1.60. The maximum Gasteiger partial charge on any atom is 0.242 e. The largest absolute Gasteiger partial charge is 0.350 e. The first-order valence-electron chi connectivity index (χ1n) is 6.11. The van der Waals surface area contributed by atoms with Gasteiger partial charge in [0.25, 0.3) is 0 Å². The monoisotopic (exact) mass is 262 g/mol. The van der Waals surface area contributed by atoms with Crippen LogP contribution in [0.4, 0.5) is 0 Å². The molecule has 3 heterocycles. The Kier molecular flexibility index (Phi) is 2.94. The van der Waals surface area contributed by atoms with Gasteiger partial charge < -0.3 is 9.88 Å². The van der Waals surface area contributed by atoms with Gasteiger partial charge in [-0.05, 0) is 23.8 Å². The van der Waals surface area contributed by atoms with Crippen LogP contribution in [-0.4, -0.2) is 46.9 Å². The zero-order valence-corrected chi connectivity index (χ0v) is 10.5. The van der Waals surface area contributed by atoms with Crippen molar-refractivity contribution in [2.75, 3.05) is 0 Å². The molecule has 1 aliphatic heterocycles. The van der Waals surface area contributed by atoms with E-state index in [4.69, 9.17) is 0 Å². The highest BCUT2D eigenvalue weighted by Gasteiger charge is 2.22. The SMILES string of the molecule is Cc1nnc2n1C[C@@H](NC(=O)Cn1cnnn1)CC2. The van der Waals surface area contributed by atoms with Crippen LogP contribution in [0.1, 0.15) is 18.1 Å². The molecule has 0 bridgehead atoms. The number of tetrazole rings is 1. The lowest BCUT2D eigenvalue weighted by molar-refractivity contribution is -0.122. The molecule has 1 N–H and O–H groups in total. The molecule has 100 valence electrons. The van der Waals surface area contributed by atoms with Crippen LogP contribution >= 0.6 is 0 Å². The number of nitrogens with one attached hydrogen (secondary N) is 1. The molecule has 9 heteroatoms. The van der Waals surface area contributed by atoms with Crippen molar-refractivity contribution in [2.45, 2.75) is 38.9 Å². The smallest absolute Gasteiger partial charge is 0.242 e. The predicted molar refractivity (Wildman–Crippen MR) is 62.8 cm³/mol. The lowest BCUT2D eigenvalue weighted by atomic mass is 10.1. The average molecular weight is 262 g/mol. The molecule has 2 aromatic heterocycles. The molecule has 0 saturated carbocycles. The predicted octanol–water partition coefficient (Wildman–Crippen LogP) is -1.30. The van der Waals surface area contributed by atoms with Gasteiger partial charge in [-0.3, -0.25) is 4.79 Å². The first-order chi connectivity index (χ1) is 9.22. The number of amides is 1. The van der Waals surface area contributed by atoms with Crippen molar-refractivity contribution in [3.05, 3.63) is 18.0 Å². The van der Waals surface area contributed by atoms with Crippen LogP contribution in [-0.2, 0) is 24.3 Å². The van der Waals surface area contributed by atoms with Crippen molar-refractivity contribution in [3.8, 4) is 0 Å². The maximum atomic E-state index is 11.8. The van der Waals surface area contributed by atoms with Crippen LogP contribution in [0.3, 0.4) is 0 Å². The summed E-state index contributed by atoms with van der Waals surface area (Å²) in [6, 6.07) is 0.103. The topological polar surface area (TPSA) is 103 Å². The van der Waals surface area contributed by atoms with Crippen LogP contribution in [0.2, 0.25) is 0 Å². The van der Waals surface area contributed by atoms with Gasteiger partial charge in [-0.2, -0.15) is 0 Å². The standard InChI is InChI=1S/C10H14N8O/c1-7-13-14-9-3-2-8(4-18(7)9)12-10(19)5-17-6-11-15-16-17/h6,8H,2-5H2,1H3,(H,12,19)/t8-/m0/s1. The Hall–Kier alpha value is -2.32. The summed E-state index contributed by atoms with van der Waals surface area (Å²) in [4.78, 5) is 11.8. The minimum Gasteiger partial charge on any atom is -0.350 e. The van der Waals surface area contributed by atoms with Gasteiger partial charge >= 0.3 is 0 Å². The first-order valence-corrected chi connectivity index (χ1v) is 6.11. The van der Waals surface area contributed by atoms with Gasteiger partial charge in [0.1, 0.15) is 24.5 Å². The zero-order chi connectivity index (χ0) is 13.2. The summed E-state index contributed by atoms with van der Waals surface area (Å²) in [7, 11) is 0. The molecule has 19 heavy (non-hydrogen) atoms. The number of aryl methyl sites for hydroxylation is 2. The summed E-state index contributed by atoms with van der Waals surface area (Å²) >= 11 is 0. The second-order valence-electron chi connectivity index (χ2n) is 4.58. The number of hydrogen-bond donors (Lipinski definition) is 1. The molecule has 2 aromatic rings. The van der Waals surface area contributed by atoms with E-state index in [2.05, 4.69) is 31.0 Å². The fraction of sp³-hybridized carbons (Fsp3) is 0.600. The third-order valence-electron chi connectivity index (χ3n) is 3.19. The van der Waals surface area contributed by atoms with Gasteiger partial charge in [0.05, 0.1) is 0 Å². The number of carbonyl (C=O) groups is 1. The molecule has 0 fully saturated rings. The van der Waals surface area contributed by atoms with E-state index >= 15 is 0 Å². The van der Waals surface area contributed by atoms with Crippen molar-refractivity contribution in [1.82, 2.24) is 40.3 Å². The highest BCUT2D eigenvalue weighted by Crippen LogP contribution is 2.14. The molecule has 1 atom stereocenters. The van der Waals surface area contributed by atoms with E-state index in [9.17, 15) is 4.79 Å². The van der Waals surface area contributed by atoms with Crippen LogP contribution in [0.25, 0.3) is 0 Å². The van der Waals surface area contributed by atoms with E-state index in [1.54, 1.807) is 0 Å². The van der Waals surface area contributed by atoms with Gasteiger partial charge in [-0.25, -0.2) is 4.68 Å². The first kappa shape index (κ1) is 11.8. The maximum absolute atomic E-state index is 11.8. The zero-order valence-electron chi connectivity index (χ0n) is 10.5. The minimum atomic E-state index is -0.0912. The van der Waals surface area contributed by atoms with Gasteiger partial charge in [0.15, 0.2) is 0 Å². The van der Waals surface area contributed by atoms with Crippen molar-refractivity contribution in [1.29, 1.82) is 0 Å². The number of hydrogen-bond acceptors (Lipinski definition) is 6. The summed E-state index contributed by atoms with van der Waals surface area (Å²) < 4.78 is 3.44. The summed E-state index contributed by atoms with van der Waals surface area (Å²) in [5.74, 6) is 1.78. The Morgan fingerprint density at radius 1 is 1.53 bits per heavy atom. The highest BCUT2D eigenvalue weighted by atomic mass is 16.2. The van der Waals surface area contributed by atoms with Gasteiger partial charge in [-0.15, -0.1) is 15.3 Å². The van der Waals surface area contributed by atoms with E-state index < -0.39 is 0 Å². The lowest BCUT2D eigenvalue weighted by Gasteiger charge is -2.24. The molecule has 0 radical (unpaired) electrons. The molecule has 3 rings (SSSR count). The molecule has 0 saturated heterocycles. The molecule has 0 spiro atoms. The third-order valence-corrected chi connectivity index (χ3v) is 3.19. The van der Waals surface area contributed by atoms with Gasteiger partial charge in [-0.1, -0.05) is 0 Å². The molecule has 1 aliphatic rings. The summed E-state index contributed by atoms with van der Waals surface area (Å²) in [5.41, 5.74) is 0. The average Bonchev–Trinajstić information content (AvgIpc) is 3.00. The fourth-order valence-electron chi connectivity index (χ4n) is 2.25. The lowest BCUT2D eigenvalue weighted by Crippen LogP contribution is -2.42. The van der Waals surface area contributed by atoms with Crippen molar-refractivity contribution >= 4 is 5.91 Å². The number of nitrogens with zero attached hydrogens (tertiary/aromatic N) is 7. The second kappa shape index (κ2) is 4.75. The number of aromatic nitrogens is 7. The Labute approximate surface area is 109 Å². The van der Waals surface area contributed by atoms with E-state index in [0.29, 0.717) is 0 Å². The molecule has 0 unspecified atom stereocenters. The quantitative estimate of drug-likeness (QED) is 0.737. The third kappa shape index (κ3) is 2.44. The summed E-state index contributed by atoms with van der Waals surface area (Å²) in [5, 5.41) is 21.8. The Morgan fingerprint density at radius 3 is 3.21 bits per heavy atom. The van der Waals surface area contributed by atoms with E-state index in [0.717, 1.165) is 31.0 Å². The Bertz CT molecular complexity index is 574. The van der Waals surface area contributed by atoms with E-state index in [1.165, 1.54) is 11.0 Å². The summed E-state index contributed by atoms with van der Waals surface area (Å²) in [6.07, 6.45) is 3.12. The number of rotatable bonds is 3. The van der Waals surface area contributed by atoms with Crippen LogP contribution in [0, 0.1) is 6.92 Å². The molecule has 9 nitrogen and oxygen atoms in total. The molecule has 0 aliphatic carbocycles. The van der Waals surface area contributed by atoms with Gasteiger partial charge in [0.2, 0.25) is 5.91 Å². The minimum absolute atomic E-state index is 0.0912. The Morgan fingerprint density at radius 2 is 2.42 bits per heavy atom. The molecule has 0 aromatic carbocycles. The second-order valence-corrected chi connectivity index (χ2v) is 4.58.